The summed E-state index contributed by atoms with van der Waals surface area (Å²) in [6.07, 6.45) is 6.26. The van der Waals surface area contributed by atoms with Gasteiger partial charge in [-0.3, -0.25) is 0 Å². The molecule has 0 amide bonds. The molecular formula is C17H27NO. The van der Waals surface area contributed by atoms with Gasteiger partial charge in [0.05, 0.1) is 7.11 Å². The maximum Gasteiger partial charge on any atom is 0.122 e. The Morgan fingerprint density at radius 2 is 2.11 bits per heavy atom. The van der Waals surface area contributed by atoms with Crippen LogP contribution in [0.5, 0.6) is 5.75 Å². The van der Waals surface area contributed by atoms with Crippen LogP contribution in [0.2, 0.25) is 0 Å². The number of methoxy groups -OCH3 is 1. The van der Waals surface area contributed by atoms with E-state index in [1.54, 1.807) is 7.11 Å². The van der Waals surface area contributed by atoms with E-state index in [2.05, 4.69) is 32.0 Å². The van der Waals surface area contributed by atoms with Gasteiger partial charge in [0.15, 0.2) is 0 Å². The van der Waals surface area contributed by atoms with Crippen molar-refractivity contribution < 1.29 is 4.74 Å². The zero-order valence-electron chi connectivity index (χ0n) is 12.5. The molecule has 0 spiro atoms. The first kappa shape index (κ1) is 14.4. The molecule has 0 heterocycles. The standard InChI is InChI=1S/C17H27NO/c1-4-5-13-7-8-16(18)14(11-13)15-10-12(2)6-9-17(15)19-3/h6,9-10,13-14,16H,4-5,7-8,11,18H2,1-3H3. The highest BCUT2D eigenvalue weighted by Crippen LogP contribution is 2.41. The van der Waals surface area contributed by atoms with Gasteiger partial charge in [-0.1, -0.05) is 37.5 Å². The molecule has 0 aromatic heterocycles. The predicted molar refractivity (Wildman–Crippen MR) is 80.7 cm³/mol. The number of hydrogen-bond donors (Lipinski definition) is 1. The Morgan fingerprint density at radius 1 is 1.32 bits per heavy atom. The second-order valence-corrected chi connectivity index (χ2v) is 5.98. The van der Waals surface area contributed by atoms with Gasteiger partial charge >= 0.3 is 0 Å². The van der Waals surface area contributed by atoms with E-state index < -0.39 is 0 Å². The summed E-state index contributed by atoms with van der Waals surface area (Å²) in [5.41, 5.74) is 9.00. The van der Waals surface area contributed by atoms with Gasteiger partial charge in [0.1, 0.15) is 5.75 Å². The smallest absolute Gasteiger partial charge is 0.122 e. The van der Waals surface area contributed by atoms with Crippen molar-refractivity contribution in [3.8, 4) is 5.75 Å². The van der Waals surface area contributed by atoms with E-state index in [-0.39, 0.29) is 6.04 Å². The molecular weight excluding hydrogens is 234 g/mol. The molecule has 0 bridgehead atoms. The first-order chi connectivity index (χ1) is 9.15. The molecule has 2 rings (SSSR count). The van der Waals surface area contributed by atoms with Crippen molar-refractivity contribution in [2.45, 2.75) is 57.9 Å². The summed E-state index contributed by atoms with van der Waals surface area (Å²) in [4.78, 5) is 0. The lowest BCUT2D eigenvalue weighted by Gasteiger charge is -2.35. The minimum absolute atomic E-state index is 0.281. The molecule has 2 nitrogen and oxygen atoms in total. The molecule has 1 aliphatic carbocycles. The van der Waals surface area contributed by atoms with Crippen molar-refractivity contribution in [2.24, 2.45) is 11.7 Å². The Balaban J connectivity index is 2.25. The molecule has 1 aromatic carbocycles. The van der Waals surface area contributed by atoms with Gasteiger partial charge in [-0.15, -0.1) is 0 Å². The molecule has 0 saturated heterocycles. The molecule has 1 aliphatic rings. The normalized spacial score (nSPS) is 27.3. The SMILES string of the molecule is CCCC1CCC(N)C(c2cc(C)ccc2OC)C1. The van der Waals surface area contributed by atoms with Gasteiger partial charge in [-0.05, 0) is 43.7 Å². The summed E-state index contributed by atoms with van der Waals surface area (Å²) in [6.45, 7) is 4.41. The predicted octanol–water partition coefficient (Wildman–Crippen LogP) is 4.01. The minimum Gasteiger partial charge on any atom is -0.496 e. The van der Waals surface area contributed by atoms with Crippen LogP contribution in [-0.4, -0.2) is 13.2 Å². The Bertz CT molecular complexity index is 416. The van der Waals surface area contributed by atoms with Crippen molar-refractivity contribution in [2.75, 3.05) is 7.11 Å². The van der Waals surface area contributed by atoms with Crippen molar-refractivity contribution in [1.82, 2.24) is 0 Å². The molecule has 1 saturated carbocycles. The van der Waals surface area contributed by atoms with Crippen molar-refractivity contribution in [1.29, 1.82) is 0 Å². The summed E-state index contributed by atoms with van der Waals surface area (Å²) in [7, 11) is 1.76. The molecule has 3 unspecified atom stereocenters. The van der Waals surface area contributed by atoms with Gasteiger partial charge in [-0.2, -0.15) is 0 Å². The first-order valence-corrected chi connectivity index (χ1v) is 7.55. The number of rotatable bonds is 4. The summed E-state index contributed by atoms with van der Waals surface area (Å²) in [6, 6.07) is 6.74. The summed E-state index contributed by atoms with van der Waals surface area (Å²) < 4.78 is 5.54. The first-order valence-electron chi connectivity index (χ1n) is 7.55. The highest BCUT2D eigenvalue weighted by molar-refractivity contribution is 5.40. The minimum atomic E-state index is 0.281. The lowest BCUT2D eigenvalue weighted by molar-refractivity contribution is 0.269. The third-order valence-corrected chi connectivity index (χ3v) is 4.49. The highest BCUT2D eigenvalue weighted by Gasteiger charge is 2.30. The molecule has 1 fully saturated rings. The topological polar surface area (TPSA) is 35.2 Å². The van der Waals surface area contributed by atoms with E-state index in [0.29, 0.717) is 5.92 Å². The Labute approximate surface area is 117 Å². The van der Waals surface area contributed by atoms with E-state index in [1.807, 2.05) is 0 Å². The zero-order valence-corrected chi connectivity index (χ0v) is 12.5. The molecule has 19 heavy (non-hydrogen) atoms. The average Bonchev–Trinajstić information content (AvgIpc) is 2.41. The lowest BCUT2D eigenvalue weighted by atomic mass is 9.73. The summed E-state index contributed by atoms with van der Waals surface area (Å²) in [5, 5.41) is 0. The number of benzene rings is 1. The fourth-order valence-corrected chi connectivity index (χ4v) is 3.45. The van der Waals surface area contributed by atoms with Gasteiger partial charge in [0.25, 0.3) is 0 Å². The fourth-order valence-electron chi connectivity index (χ4n) is 3.45. The van der Waals surface area contributed by atoms with Crippen LogP contribution in [0.25, 0.3) is 0 Å². The molecule has 2 N–H and O–H groups in total. The quantitative estimate of drug-likeness (QED) is 0.888. The van der Waals surface area contributed by atoms with E-state index in [1.165, 1.54) is 36.8 Å². The van der Waals surface area contributed by atoms with Crippen molar-refractivity contribution in [3.63, 3.8) is 0 Å². The van der Waals surface area contributed by atoms with Crippen LogP contribution >= 0.6 is 0 Å². The maximum absolute atomic E-state index is 6.39. The van der Waals surface area contributed by atoms with Crippen LogP contribution in [0, 0.1) is 12.8 Å². The van der Waals surface area contributed by atoms with Gasteiger partial charge < -0.3 is 10.5 Å². The van der Waals surface area contributed by atoms with Crippen LogP contribution in [0.1, 0.15) is 56.1 Å². The summed E-state index contributed by atoms with van der Waals surface area (Å²) in [5.74, 6) is 2.29. The monoisotopic (exact) mass is 261 g/mol. The Kier molecular flexibility index (Phi) is 4.87. The van der Waals surface area contributed by atoms with Gasteiger partial charge in [-0.25, -0.2) is 0 Å². The number of ether oxygens (including phenoxy) is 1. The average molecular weight is 261 g/mol. The second-order valence-electron chi connectivity index (χ2n) is 5.98. The Hall–Kier alpha value is -1.02. The van der Waals surface area contributed by atoms with Gasteiger partial charge in [0, 0.05) is 12.0 Å². The molecule has 1 aromatic rings. The van der Waals surface area contributed by atoms with Crippen LogP contribution < -0.4 is 10.5 Å². The second kappa shape index (κ2) is 6.42. The zero-order chi connectivity index (χ0) is 13.8. The molecule has 3 atom stereocenters. The fraction of sp³-hybridized carbons (Fsp3) is 0.647. The van der Waals surface area contributed by atoms with Crippen LogP contribution in [-0.2, 0) is 0 Å². The third kappa shape index (κ3) is 3.30. The third-order valence-electron chi connectivity index (χ3n) is 4.49. The lowest BCUT2D eigenvalue weighted by Crippen LogP contribution is -2.34. The van der Waals surface area contributed by atoms with Crippen molar-refractivity contribution in [3.05, 3.63) is 29.3 Å². The van der Waals surface area contributed by atoms with Gasteiger partial charge in [0.2, 0.25) is 0 Å². The number of hydrogen-bond acceptors (Lipinski definition) is 2. The van der Waals surface area contributed by atoms with E-state index >= 15 is 0 Å². The van der Waals surface area contributed by atoms with E-state index in [4.69, 9.17) is 10.5 Å². The van der Waals surface area contributed by atoms with Crippen molar-refractivity contribution >= 4 is 0 Å². The number of aryl methyl sites for hydroxylation is 1. The largest absolute Gasteiger partial charge is 0.496 e. The van der Waals surface area contributed by atoms with Crippen LogP contribution in [0.4, 0.5) is 0 Å². The number of nitrogens with two attached hydrogens (primary N) is 1. The van der Waals surface area contributed by atoms with E-state index in [0.717, 1.165) is 18.1 Å². The van der Waals surface area contributed by atoms with Crippen LogP contribution in [0.3, 0.4) is 0 Å². The molecule has 106 valence electrons. The summed E-state index contributed by atoms with van der Waals surface area (Å²) >= 11 is 0. The molecule has 0 radical (unpaired) electrons. The molecule has 2 heteroatoms. The highest BCUT2D eigenvalue weighted by atomic mass is 16.5. The Morgan fingerprint density at radius 3 is 2.79 bits per heavy atom. The van der Waals surface area contributed by atoms with E-state index in [9.17, 15) is 0 Å². The maximum atomic E-state index is 6.39. The molecule has 0 aliphatic heterocycles. The van der Waals surface area contributed by atoms with Crippen LogP contribution in [0.15, 0.2) is 18.2 Å².